The van der Waals surface area contributed by atoms with Gasteiger partial charge in [-0.05, 0) is 43.0 Å². The van der Waals surface area contributed by atoms with Crippen molar-refractivity contribution in [3.8, 4) is 0 Å². The highest BCUT2D eigenvalue weighted by Gasteiger charge is 2.28. The van der Waals surface area contributed by atoms with Gasteiger partial charge in [-0.1, -0.05) is 73.3 Å². The van der Waals surface area contributed by atoms with Crippen LogP contribution in [0, 0.1) is 0 Å². The zero-order chi connectivity index (χ0) is 20.6. The van der Waals surface area contributed by atoms with Crippen molar-refractivity contribution < 1.29 is 9.59 Å². The van der Waals surface area contributed by atoms with E-state index in [0.29, 0.717) is 11.6 Å². The van der Waals surface area contributed by atoms with Gasteiger partial charge in [0.1, 0.15) is 6.04 Å². The summed E-state index contributed by atoms with van der Waals surface area (Å²) in [6, 6.07) is 16.7. The number of amides is 2. The van der Waals surface area contributed by atoms with Crippen molar-refractivity contribution >= 4 is 23.4 Å². The van der Waals surface area contributed by atoms with E-state index in [4.69, 9.17) is 11.6 Å². The predicted molar refractivity (Wildman–Crippen MR) is 117 cm³/mol. The first-order valence-electron chi connectivity index (χ1n) is 10.4. The third-order valence-corrected chi connectivity index (χ3v) is 5.84. The lowest BCUT2D eigenvalue weighted by atomic mass is 9.95. The minimum atomic E-state index is -0.538. The van der Waals surface area contributed by atoms with Gasteiger partial charge in [0.2, 0.25) is 11.8 Å². The minimum Gasteiger partial charge on any atom is -0.352 e. The molecule has 0 aromatic heterocycles. The van der Waals surface area contributed by atoms with Crippen LogP contribution in [-0.2, 0) is 22.6 Å². The molecule has 1 aliphatic rings. The summed E-state index contributed by atoms with van der Waals surface area (Å²) in [5.74, 6) is -0.135. The van der Waals surface area contributed by atoms with Gasteiger partial charge >= 0.3 is 0 Å². The van der Waals surface area contributed by atoms with E-state index in [1.807, 2.05) is 61.5 Å². The summed E-state index contributed by atoms with van der Waals surface area (Å²) >= 11 is 5.99. The zero-order valence-corrected chi connectivity index (χ0v) is 17.7. The quantitative estimate of drug-likeness (QED) is 0.713. The molecule has 0 radical (unpaired) electrons. The molecule has 1 fully saturated rings. The number of benzene rings is 2. The number of nitrogens with one attached hydrogen (secondary N) is 1. The first-order valence-corrected chi connectivity index (χ1v) is 10.8. The first kappa shape index (κ1) is 21.4. The second-order valence-corrected chi connectivity index (χ2v) is 8.27. The Morgan fingerprint density at radius 2 is 1.66 bits per heavy atom. The number of nitrogens with zero attached hydrogens (tertiary/aromatic N) is 1. The molecule has 0 bridgehead atoms. The summed E-state index contributed by atoms with van der Waals surface area (Å²) in [4.78, 5) is 27.7. The fraction of sp³-hybridized carbons (Fsp3) is 0.417. The van der Waals surface area contributed by atoms with E-state index in [0.717, 1.165) is 36.8 Å². The van der Waals surface area contributed by atoms with E-state index in [2.05, 4.69) is 5.32 Å². The molecule has 1 N–H and O–H groups in total. The summed E-state index contributed by atoms with van der Waals surface area (Å²) in [7, 11) is 0. The fourth-order valence-electron chi connectivity index (χ4n) is 3.81. The third kappa shape index (κ3) is 6.33. The number of halogens is 1. The van der Waals surface area contributed by atoms with E-state index in [9.17, 15) is 9.59 Å². The van der Waals surface area contributed by atoms with Gasteiger partial charge in [0.05, 0.1) is 6.42 Å². The lowest BCUT2D eigenvalue weighted by molar-refractivity contribution is -0.140. The zero-order valence-electron chi connectivity index (χ0n) is 16.9. The summed E-state index contributed by atoms with van der Waals surface area (Å²) in [6.45, 7) is 2.19. The minimum absolute atomic E-state index is 0.0579. The molecule has 4 nitrogen and oxygen atoms in total. The van der Waals surface area contributed by atoms with Crippen LogP contribution < -0.4 is 5.32 Å². The van der Waals surface area contributed by atoms with Crippen molar-refractivity contribution in [1.82, 2.24) is 10.2 Å². The Labute approximate surface area is 178 Å². The average Bonchev–Trinajstić information content (AvgIpc) is 2.74. The van der Waals surface area contributed by atoms with Gasteiger partial charge in [-0.3, -0.25) is 9.59 Å². The third-order valence-electron chi connectivity index (χ3n) is 5.58. The van der Waals surface area contributed by atoms with Gasteiger partial charge in [-0.15, -0.1) is 0 Å². The van der Waals surface area contributed by atoms with Gasteiger partial charge in [-0.25, -0.2) is 0 Å². The smallest absolute Gasteiger partial charge is 0.242 e. The fourth-order valence-corrected chi connectivity index (χ4v) is 3.94. The van der Waals surface area contributed by atoms with Crippen molar-refractivity contribution in [2.45, 2.75) is 64.1 Å². The SMILES string of the molecule is C[C@@H](C(=O)NC1CCCCC1)N(Cc1ccc(Cl)cc1)C(=O)Cc1ccccc1. The van der Waals surface area contributed by atoms with E-state index in [1.54, 1.807) is 4.90 Å². The molecule has 0 spiro atoms. The van der Waals surface area contributed by atoms with Crippen LogP contribution in [0.3, 0.4) is 0 Å². The highest BCUT2D eigenvalue weighted by molar-refractivity contribution is 6.30. The Morgan fingerprint density at radius 1 is 1.00 bits per heavy atom. The topological polar surface area (TPSA) is 49.4 Å². The highest BCUT2D eigenvalue weighted by atomic mass is 35.5. The molecule has 2 aromatic carbocycles. The molecular weight excluding hydrogens is 384 g/mol. The number of hydrogen-bond donors (Lipinski definition) is 1. The molecule has 29 heavy (non-hydrogen) atoms. The molecule has 0 heterocycles. The van der Waals surface area contributed by atoms with Crippen molar-refractivity contribution in [2.24, 2.45) is 0 Å². The van der Waals surface area contributed by atoms with E-state index < -0.39 is 6.04 Å². The summed E-state index contributed by atoms with van der Waals surface area (Å²) in [6.07, 6.45) is 5.86. The lowest BCUT2D eigenvalue weighted by Crippen LogP contribution is -2.50. The summed E-state index contributed by atoms with van der Waals surface area (Å²) in [5.41, 5.74) is 1.90. The number of hydrogen-bond acceptors (Lipinski definition) is 2. The Bertz CT molecular complexity index is 801. The van der Waals surface area contributed by atoms with Gasteiger partial charge in [-0.2, -0.15) is 0 Å². The summed E-state index contributed by atoms with van der Waals surface area (Å²) < 4.78 is 0. The van der Waals surface area contributed by atoms with Crippen molar-refractivity contribution in [2.75, 3.05) is 0 Å². The second-order valence-electron chi connectivity index (χ2n) is 7.83. The molecule has 0 unspecified atom stereocenters. The van der Waals surface area contributed by atoms with Crippen LogP contribution in [0.15, 0.2) is 54.6 Å². The van der Waals surface area contributed by atoms with Crippen molar-refractivity contribution in [1.29, 1.82) is 0 Å². The predicted octanol–water partition coefficient (Wildman–Crippen LogP) is 4.75. The molecule has 2 amide bonds. The van der Waals surface area contributed by atoms with Crippen LogP contribution in [0.1, 0.15) is 50.2 Å². The largest absolute Gasteiger partial charge is 0.352 e. The Balaban J connectivity index is 1.73. The Morgan fingerprint density at radius 3 is 2.31 bits per heavy atom. The van der Waals surface area contributed by atoms with Crippen LogP contribution >= 0.6 is 11.6 Å². The van der Waals surface area contributed by atoms with E-state index >= 15 is 0 Å². The average molecular weight is 413 g/mol. The number of carbonyl (C=O) groups is 2. The van der Waals surface area contributed by atoms with Crippen LogP contribution in [-0.4, -0.2) is 28.8 Å². The van der Waals surface area contributed by atoms with Gasteiger partial charge in [0.15, 0.2) is 0 Å². The maximum absolute atomic E-state index is 13.1. The second kappa shape index (κ2) is 10.4. The Kier molecular flexibility index (Phi) is 7.70. The van der Waals surface area contributed by atoms with Gasteiger partial charge in [0.25, 0.3) is 0 Å². The number of rotatable bonds is 7. The van der Waals surface area contributed by atoms with Crippen LogP contribution in [0.2, 0.25) is 5.02 Å². The molecule has 2 aromatic rings. The van der Waals surface area contributed by atoms with Crippen molar-refractivity contribution in [3.63, 3.8) is 0 Å². The normalized spacial score (nSPS) is 15.5. The molecule has 1 atom stereocenters. The maximum Gasteiger partial charge on any atom is 0.242 e. The van der Waals surface area contributed by atoms with Crippen molar-refractivity contribution in [3.05, 3.63) is 70.7 Å². The van der Waals surface area contributed by atoms with Gasteiger partial charge in [0, 0.05) is 17.6 Å². The molecule has 3 rings (SSSR count). The summed E-state index contributed by atoms with van der Waals surface area (Å²) in [5, 5.41) is 3.81. The molecule has 1 saturated carbocycles. The molecule has 1 aliphatic carbocycles. The first-order chi connectivity index (χ1) is 14.0. The Hall–Kier alpha value is -2.33. The molecule has 5 heteroatoms. The van der Waals surface area contributed by atoms with Crippen LogP contribution in [0.25, 0.3) is 0 Å². The maximum atomic E-state index is 13.1. The van der Waals surface area contributed by atoms with Crippen LogP contribution in [0.4, 0.5) is 0 Å². The monoisotopic (exact) mass is 412 g/mol. The molecule has 0 aliphatic heterocycles. The standard InChI is InChI=1S/C24H29ClN2O2/c1-18(24(29)26-22-10-6-3-7-11-22)27(17-20-12-14-21(25)15-13-20)23(28)16-19-8-4-2-5-9-19/h2,4-5,8-9,12-15,18,22H,3,6-7,10-11,16-17H2,1H3,(H,26,29)/t18-/m0/s1. The molecule has 154 valence electrons. The lowest BCUT2D eigenvalue weighted by Gasteiger charge is -2.31. The molecule has 0 saturated heterocycles. The molecular formula is C24H29ClN2O2. The van der Waals surface area contributed by atoms with Crippen LogP contribution in [0.5, 0.6) is 0 Å². The highest BCUT2D eigenvalue weighted by Crippen LogP contribution is 2.19. The van der Waals surface area contributed by atoms with E-state index in [1.165, 1.54) is 6.42 Å². The number of carbonyl (C=O) groups excluding carboxylic acids is 2. The van der Waals surface area contributed by atoms with Gasteiger partial charge < -0.3 is 10.2 Å². The van der Waals surface area contributed by atoms with E-state index in [-0.39, 0.29) is 24.3 Å².